The molecule has 3 heteroatoms. The second kappa shape index (κ2) is 7.09. The maximum atomic E-state index is 12.5. The summed E-state index contributed by atoms with van der Waals surface area (Å²) in [5.74, 6) is -0.0796. The topological polar surface area (TPSA) is 34.1 Å². The molecule has 24 heavy (non-hydrogen) atoms. The molecular weight excluding hydrogens is 411 g/mol. The minimum absolute atomic E-state index is 0.0386. The lowest BCUT2D eigenvalue weighted by Gasteiger charge is -2.05. The first-order valence-corrected chi connectivity index (χ1v) is 8.64. The van der Waals surface area contributed by atoms with Crippen molar-refractivity contribution in [3.05, 3.63) is 104 Å². The Balaban J connectivity index is 1.82. The number of halogens is 1. The minimum atomic E-state index is -0.0410. The first kappa shape index (κ1) is 16.6. The van der Waals surface area contributed by atoms with Crippen LogP contribution in [0.4, 0.5) is 0 Å². The van der Waals surface area contributed by atoms with Gasteiger partial charge in [0.15, 0.2) is 11.6 Å². The van der Waals surface area contributed by atoms with Crippen LogP contribution in [0.25, 0.3) is 0 Å². The van der Waals surface area contributed by atoms with Gasteiger partial charge in [-0.1, -0.05) is 54.1 Å². The average Bonchev–Trinajstić information content (AvgIpc) is 2.62. The third kappa shape index (κ3) is 3.62. The molecule has 0 spiro atoms. The van der Waals surface area contributed by atoms with E-state index in [0.29, 0.717) is 22.3 Å². The summed E-state index contributed by atoms with van der Waals surface area (Å²) >= 11 is 2.20. The molecule has 0 unspecified atom stereocenters. The number of hydrogen-bond acceptors (Lipinski definition) is 2. The number of rotatable bonds is 4. The molecule has 3 aromatic rings. The van der Waals surface area contributed by atoms with Crippen molar-refractivity contribution in [1.82, 2.24) is 0 Å². The molecule has 0 aromatic heterocycles. The Morgan fingerprint density at radius 3 is 1.25 bits per heavy atom. The molecule has 0 saturated heterocycles. The van der Waals surface area contributed by atoms with E-state index in [-0.39, 0.29) is 11.6 Å². The molecule has 0 heterocycles. The highest BCUT2D eigenvalue weighted by Gasteiger charge is 2.12. The van der Waals surface area contributed by atoms with E-state index in [4.69, 9.17) is 0 Å². The summed E-state index contributed by atoms with van der Waals surface area (Å²) in [5, 5.41) is 0. The summed E-state index contributed by atoms with van der Waals surface area (Å²) in [4.78, 5) is 24.9. The third-order valence-corrected chi connectivity index (χ3v) is 4.55. The molecule has 0 N–H and O–H groups in total. The Morgan fingerprint density at radius 1 is 0.583 bits per heavy atom. The maximum Gasteiger partial charge on any atom is 0.193 e. The van der Waals surface area contributed by atoms with Crippen molar-refractivity contribution >= 4 is 34.2 Å². The SMILES string of the molecule is Cc1ccc(C(=O)c2ccc(C(=O)c3ccc(I)cc3)cc2)cc1. The van der Waals surface area contributed by atoms with Gasteiger partial charge in [0.25, 0.3) is 0 Å². The zero-order valence-electron chi connectivity index (χ0n) is 13.1. The molecule has 0 aliphatic carbocycles. The van der Waals surface area contributed by atoms with E-state index in [9.17, 15) is 9.59 Å². The highest BCUT2D eigenvalue weighted by molar-refractivity contribution is 14.1. The van der Waals surface area contributed by atoms with Gasteiger partial charge < -0.3 is 0 Å². The average molecular weight is 426 g/mol. The van der Waals surface area contributed by atoms with Gasteiger partial charge in [-0.25, -0.2) is 0 Å². The number of hydrogen-bond donors (Lipinski definition) is 0. The Hall–Kier alpha value is -2.27. The van der Waals surface area contributed by atoms with Gasteiger partial charge in [-0.05, 0) is 53.8 Å². The van der Waals surface area contributed by atoms with Gasteiger partial charge in [0.2, 0.25) is 0 Å². The summed E-state index contributed by atoms with van der Waals surface area (Å²) in [6.07, 6.45) is 0. The van der Waals surface area contributed by atoms with Crippen LogP contribution in [0.1, 0.15) is 37.4 Å². The molecule has 0 fully saturated rings. The van der Waals surface area contributed by atoms with Crippen LogP contribution in [0, 0.1) is 10.5 Å². The van der Waals surface area contributed by atoms with Crippen LogP contribution in [-0.2, 0) is 0 Å². The lowest BCUT2D eigenvalue weighted by atomic mass is 9.98. The monoisotopic (exact) mass is 426 g/mol. The van der Waals surface area contributed by atoms with Crippen molar-refractivity contribution in [2.75, 3.05) is 0 Å². The van der Waals surface area contributed by atoms with Crippen LogP contribution in [0.2, 0.25) is 0 Å². The summed E-state index contributed by atoms with van der Waals surface area (Å²) in [7, 11) is 0. The molecule has 0 saturated carbocycles. The van der Waals surface area contributed by atoms with Gasteiger partial charge in [-0.2, -0.15) is 0 Å². The van der Waals surface area contributed by atoms with Crippen molar-refractivity contribution in [2.24, 2.45) is 0 Å². The molecule has 118 valence electrons. The highest BCUT2D eigenvalue weighted by Crippen LogP contribution is 2.16. The summed E-state index contributed by atoms with van der Waals surface area (Å²) in [5.41, 5.74) is 3.57. The lowest BCUT2D eigenvalue weighted by molar-refractivity contribution is 0.102. The zero-order chi connectivity index (χ0) is 17.1. The fraction of sp³-hybridized carbons (Fsp3) is 0.0476. The van der Waals surface area contributed by atoms with E-state index < -0.39 is 0 Å². The second-order valence-corrected chi connectivity index (χ2v) is 6.85. The van der Waals surface area contributed by atoms with Crippen LogP contribution < -0.4 is 0 Å². The molecule has 0 aliphatic rings. The maximum absolute atomic E-state index is 12.5. The van der Waals surface area contributed by atoms with Gasteiger partial charge in [0.1, 0.15) is 0 Å². The molecule has 0 aliphatic heterocycles. The minimum Gasteiger partial charge on any atom is -0.289 e. The van der Waals surface area contributed by atoms with Crippen molar-refractivity contribution in [2.45, 2.75) is 6.92 Å². The number of ketones is 2. The molecular formula is C21H15IO2. The van der Waals surface area contributed by atoms with Crippen LogP contribution in [-0.4, -0.2) is 11.6 Å². The van der Waals surface area contributed by atoms with Crippen LogP contribution in [0.15, 0.2) is 72.8 Å². The predicted octanol–water partition coefficient (Wildman–Crippen LogP) is 5.06. The fourth-order valence-electron chi connectivity index (χ4n) is 2.41. The summed E-state index contributed by atoms with van der Waals surface area (Å²) < 4.78 is 1.09. The van der Waals surface area contributed by atoms with Crippen LogP contribution >= 0.6 is 22.6 Å². The van der Waals surface area contributed by atoms with Crippen molar-refractivity contribution in [3.63, 3.8) is 0 Å². The van der Waals surface area contributed by atoms with E-state index >= 15 is 0 Å². The van der Waals surface area contributed by atoms with E-state index in [1.54, 1.807) is 24.3 Å². The summed E-state index contributed by atoms with van der Waals surface area (Å²) in [6.45, 7) is 1.99. The number of benzene rings is 3. The zero-order valence-corrected chi connectivity index (χ0v) is 15.3. The van der Waals surface area contributed by atoms with E-state index in [0.717, 1.165) is 9.13 Å². The third-order valence-electron chi connectivity index (χ3n) is 3.83. The Labute approximate surface area is 154 Å². The molecule has 0 amide bonds. The van der Waals surface area contributed by atoms with Gasteiger partial charge >= 0.3 is 0 Å². The van der Waals surface area contributed by atoms with Crippen molar-refractivity contribution in [3.8, 4) is 0 Å². The largest absolute Gasteiger partial charge is 0.289 e. The molecule has 3 rings (SSSR count). The molecule has 0 bridgehead atoms. The van der Waals surface area contributed by atoms with E-state index in [2.05, 4.69) is 22.6 Å². The Bertz CT molecular complexity index is 800. The quantitative estimate of drug-likeness (QED) is 0.432. The summed E-state index contributed by atoms with van der Waals surface area (Å²) in [6, 6.07) is 21.8. The van der Waals surface area contributed by atoms with Crippen molar-refractivity contribution < 1.29 is 9.59 Å². The normalized spacial score (nSPS) is 10.4. The van der Waals surface area contributed by atoms with Gasteiger partial charge in [0, 0.05) is 25.8 Å². The molecule has 0 atom stereocenters. The van der Waals surface area contributed by atoms with Crippen LogP contribution in [0.5, 0.6) is 0 Å². The number of carbonyl (C=O) groups excluding carboxylic acids is 2. The standard InChI is InChI=1S/C21H15IO2/c1-14-2-4-15(5-3-14)20(23)16-6-8-17(9-7-16)21(24)18-10-12-19(22)13-11-18/h2-13H,1H3. The first-order chi connectivity index (χ1) is 11.5. The second-order valence-electron chi connectivity index (χ2n) is 5.61. The fourth-order valence-corrected chi connectivity index (χ4v) is 2.77. The molecule has 0 radical (unpaired) electrons. The van der Waals surface area contributed by atoms with Crippen molar-refractivity contribution in [1.29, 1.82) is 0 Å². The van der Waals surface area contributed by atoms with Gasteiger partial charge in [0.05, 0.1) is 0 Å². The number of aryl methyl sites for hydroxylation is 1. The first-order valence-electron chi connectivity index (χ1n) is 7.56. The molecule has 2 nitrogen and oxygen atoms in total. The van der Waals surface area contributed by atoms with E-state index in [1.807, 2.05) is 55.5 Å². The van der Waals surface area contributed by atoms with Gasteiger partial charge in [-0.3, -0.25) is 9.59 Å². The smallest absolute Gasteiger partial charge is 0.193 e. The Morgan fingerprint density at radius 2 is 0.875 bits per heavy atom. The van der Waals surface area contributed by atoms with Crippen LogP contribution in [0.3, 0.4) is 0 Å². The Kier molecular flexibility index (Phi) is 4.90. The van der Waals surface area contributed by atoms with E-state index in [1.165, 1.54) is 0 Å². The molecule has 3 aromatic carbocycles. The lowest BCUT2D eigenvalue weighted by Crippen LogP contribution is -2.04. The highest BCUT2D eigenvalue weighted by atomic mass is 127. The predicted molar refractivity (Wildman–Crippen MR) is 104 cm³/mol. The van der Waals surface area contributed by atoms with Gasteiger partial charge in [-0.15, -0.1) is 0 Å². The number of carbonyl (C=O) groups is 2.